The van der Waals surface area contributed by atoms with Gasteiger partial charge in [-0.3, -0.25) is 15.1 Å². The van der Waals surface area contributed by atoms with Crippen molar-refractivity contribution in [1.29, 1.82) is 0 Å². The highest BCUT2D eigenvalue weighted by atomic mass is 32.1. The maximum atomic E-state index is 12.6. The summed E-state index contributed by atoms with van der Waals surface area (Å²) >= 11 is 1.42. The number of amides is 1. The van der Waals surface area contributed by atoms with Crippen molar-refractivity contribution in [2.75, 3.05) is 5.32 Å². The first-order valence-corrected chi connectivity index (χ1v) is 10.4. The number of thiazole rings is 1. The van der Waals surface area contributed by atoms with Gasteiger partial charge in [0.2, 0.25) is 0 Å². The number of hydrogen-bond acceptors (Lipinski definition) is 4. The van der Waals surface area contributed by atoms with Gasteiger partial charge in [0.25, 0.3) is 5.91 Å². The molecule has 0 aliphatic carbocycles. The standard InChI is InChI=1S/C23H27N3OS/c1-5-8-9-11-18(10-6-2)21-16-28-23(25-21)26-22(27)19-13-12-17(4)20(15-19)24-14-7-3/h5,8-16H,6-7H2,1-4H3,(H,25,26,27)/b8-5-,11-9-,18-10+,24-14?. The molecule has 28 heavy (non-hydrogen) atoms. The van der Waals surface area contributed by atoms with Crippen molar-refractivity contribution in [1.82, 2.24) is 4.98 Å². The van der Waals surface area contributed by atoms with Crippen LogP contribution in [-0.4, -0.2) is 17.1 Å². The van der Waals surface area contributed by atoms with E-state index in [1.165, 1.54) is 11.3 Å². The highest BCUT2D eigenvalue weighted by Gasteiger charge is 2.11. The molecule has 1 amide bonds. The lowest BCUT2D eigenvalue weighted by Crippen LogP contribution is -2.11. The molecule has 1 N–H and O–H groups in total. The van der Waals surface area contributed by atoms with Crippen LogP contribution in [0.2, 0.25) is 0 Å². The third kappa shape index (κ3) is 6.13. The van der Waals surface area contributed by atoms with E-state index in [4.69, 9.17) is 0 Å². The minimum atomic E-state index is -0.181. The monoisotopic (exact) mass is 393 g/mol. The number of aromatic nitrogens is 1. The van der Waals surface area contributed by atoms with E-state index in [-0.39, 0.29) is 5.91 Å². The van der Waals surface area contributed by atoms with E-state index in [0.29, 0.717) is 10.7 Å². The number of benzene rings is 1. The van der Waals surface area contributed by atoms with Crippen LogP contribution in [0.1, 0.15) is 55.2 Å². The molecule has 5 heteroatoms. The summed E-state index contributed by atoms with van der Waals surface area (Å²) in [5.41, 5.74) is 4.34. The van der Waals surface area contributed by atoms with Crippen LogP contribution >= 0.6 is 11.3 Å². The van der Waals surface area contributed by atoms with E-state index in [2.05, 4.69) is 28.3 Å². The molecular formula is C23H27N3OS. The zero-order valence-corrected chi connectivity index (χ0v) is 17.7. The third-order valence-electron chi connectivity index (χ3n) is 3.91. The van der Waals surface area contributed by atoms with Crippen LogP contribution in [0.25, 0.3) is 5.57 Å². The average Bonchev–Trinajstić information content (AvgIpc) is 3.15. The molecule has 0 aliphatic heterocycles. The minimum absolute atomic E-state index is 0.181. The number of carbonyl (C=O) groups is 1. The maximum Gasteiger partial charge on any atom is 0.257 e. The number of nitrogens with zero attached hydrogens (tertiary/aromatic N) is 2. The summed E-state index contributed by atoms with van der Waals surface area (Å²) in [6, 6.07) is 5.54. The molecule has 0 aliphatic rings. The lowest BCUT2D eigenvalue weighted by Gasteiger charge is -2.05. The molecule has 0 unspecified atom stereocenters. The fourth-order valence-corrected chi connectivity index (χ4v) is 3.18. The van der Waals surface area contributed by atoms with Gasteiger partial charge in [-0.25, -0.2) is 4.98 Å². The van der Waals surface area contributed by atoms with E-state index >= 15 is 0 Å². The van der Waals surface area contributed by atoms with Gasteiger partial charge in [-0.15, -0.1) is 11.3 Å². The van der Waals surface area contributed by atoms with Crippen molar-refractivity contribution in [3.8, 4) is 0 Å². The second-order valence-electron chi connectivity index (χ2n) is 6.17. The summed E-state index contributed by atoms with van der Waals surface area (Å²) in [6.45, 7) is 8.09. The summed E-state index contributed by atoms with van der Waals surface area (Å²) in [5.74, 6) is -0.181. The molecule has 0 spiro atoms. The number of aryl methyl sites for hydroxylation is 1. The summed E-state index contributed by atoms with van der Waals surface area (Å²) < 4.78 is 0. The number of aliphatic imine (C=N–C) groups is 1. The molecule has 146 valence electrons. The molecule has 1 heterocycles. The van der Waals surface area contributed by atoms with E-state index in [0.717, 1.165) is 35.4 Å². The summed E-state index contributed by atoms with van der Waals surface area (Å²) in [4.78, 5) is 21.6. The first kappa shape index (κ1) is 21.5. The molecule has 2 rings (SSSR count). The summed E-state index contributed by atoms with van der Waals surface area (Å²) in [5, 5.41) is 5.44. The van der Waals surface area contributed by atoms with Gasteiger partial charge in [0.15, 0.2) is 5.13 Å². The SMILES string of the molecule is C\C=C/C=C\C(=C/CC)c1csc(NC(=O)c2ccc(C)c(N=CCC)c2)n1. The van der Waals surface area contributed by atoms with Gasteiger partial charge < -0.3 is 0 Å². The van der Waals surface area contributed by atoms with Crippen LogP contribution in [-0.2, 0) is 0 Å². The third-order valence-corrected chi connectivity index (χ3v) is 4.67. The first-order chi connectivity index (χ1) is 13.6. The van der Waals surface area contributed by atoms with Crippen LogP contribution < -0.4 is 5.32 Å². The summed E-state index contributed by atoms with van der Waals surface area (Å²) in [7, 11) is 0. The predicted molar refractivity (Wildman–Crippen MR) is 122 cm³/mol. The Labute approximate surface area is 171 Å². The van der Waals surface area contributed by atoms with Crippen molar-refractivity contribution < 1.29 is 4.79 Å². The van der Waals surface area contributed by atoms with Crippen LogP contribution in [0.15, 0.2) is 59.0 Å². The van der Waals surface area contributed by atoms with Crippen LogP contribution in [0, 0.1) is 6.92 Å². The number of allylic oxidation sites excluding steroid dienone is 6. The van der Waals surface area contributed by atoms with Gasteiger partial charge >= 0.3 is 0 Å². The molecule has 0 saturated carbocycles. The van der Waals surface area contributed by atoms with E-state index in [1.807, 2.05) is 74.9 Å². The number of anilines is 1. The second kappa shape index (κ2) is 11.1. The minimum Gasteiger partial charge on any atom is -0.298 e. The van der Waals surface area contributed by atoms with Gasteiger partial charge in [-0.05, 0) is 50.0 Å². The summed E-state index contributed by atoms with van der Waals surface area (Å²) in [6.07, 6.45) is 13.7. The topological polar surface area (TPSA) is 54.4 Å². The molecule has 0 fully saturated rings. The Hall–Kier alpha value is -2.79. The highest BCUT2D eigenvalue weighted by Crippen LogP contribution is 2.25. The van der Waals surface area contributed by atoms with Crippen molar-refractivity contribution in [2.24, 2.45) is 4.99 Å². The fraction of sp³-hybridized carbons (Fsp3) is 0.261. The molecule has 0 radical (unpaired) electrons. The van der Waals surface area contributed by atoms with Crippen LogP contribution in [0.5, 0.6) is 0 Å². The molecule has 2 aromatic rings. The zero-order chi connectivity index (χ0) is 20.4. The Balaban J connectivity index is 2.17. The fourth-order valence-electron chi connectivity index (χ4n) is 2.46. The zero-order valence-electron chi connectivity index (χ0n) is 16.9. The number of rotatable bonds is 8. The lowest BCUT2D eigenvalue weighted by molar-refractivity contribution is 0.102. The number of hydrogen-bond donors (Lipinski definition) is 1. The number of carbonyl (C=O) groups excluding carboxylic acids is 1. The number of nitrogens with one attached hydrogen (secondary N) is 1. The van der Waals surface area contributed by atoms with E-state index < -0.39 is 0 Å². The Morgan fingerprint density at radius 2 is 2.07 bits per heavy atom. The Kier molecular flexibility index (Phi) is 8.56. The van der Waals surface area contributed by atoms with Crippen molar-refractivity contribution in [2.45, 2.75) is 40.5 Å². The molecule has 0 saturated heterocycles. The van der Waals surface area contributed by atoms with Gasteiger partial charge in [0.05, 0.1) is 11.4 Å². The molecular weight excluding hydrogens is 366 g/mol. The molecule has 1 aromatic heterocycles. The van der Waals surface area contributed by atoms with Crippen molar-refractivity contribution in [3.05, 3.63) is 70.8 Å². The molecule has 4 nitrogen and oxygen atoms in total. The normalized spacial score (nSPS) is 12.5. The Bertz CT molecular complexity index is 920. The average molecular weight is 394 g/mol. The van der Waals surface area contributed by atoms with Crippen LogP contribution in [0.3, 0.4) is 0 Å². The molecule has 0 atom stereocenters. The second-order valence-corrected chi connectivity index (χ2v) is 7.02. The first-order valence-electron chi connectivity index (χ1n) is 9.49. The highest BCUT2D eigenvalue weighted by molar-refractivity contribution is 7.14. The van der Waals surface area contributed by atoms with E-state index in [9.17, 15) is 4.79 Å². The quantitative estimate of drug-likeness (QED) is 0.399. The van der Waals surface area contributed by atoms with Crippen molar-refractivity contribution in [3.63, 3.8) is 0 Å². The smallest absolute Gasteiger partial charge is 0.257 e. The Morgan fingerprint density at radius 1 is 1.25 bits per heavy atom. The largest absolute Gasteiger partial charge is 0.298 e. The van der Waals surface area contributed by atoms with Gasteiger partial charge in [-0.1, -0.05) is 50.3 Å². The van der Waals surface area contributed by atoms with Gasteiger partial charge in [0.1, 0.15) is 0 Å². The lowest BCUT2D eigenvalue weighted by atomic mass is 10.1. The maximum absolute atomic E-state index is 12.6. The molecule has 0 bridgehead atoms. The van der Waals surface area contributed by atoms with Crippen molar-refractivity contribution >= 4 is 39.9 Å². The molecule has 1 aromatic carbocycles. The van der Waals surface area contributed by atoms with Gasteiger partial charge in [0, 0.05) is 17.2 Å². The van der Waals surface area contributed by atoms with Gasteiger partial charge in [-0.2, -0.15) is 0 Å². The van der Waals surface area contributed by atoms with E-state index in [1.54, 1.807) is 0 Å². The predicted octanol–water partition coefficient (Wildman–Crippen LogP) is 6.74. The Morgan fingerprint density at radius 3 is 2.79 bits per heavy atom. The van der Waals surface area contributed by atoms with Crippen LogP contribution in [0.4, 0.5) is 10.8 Å².